The predicted molar refractivity (Wildman–Crippen MR) is 121 cm³/mol. The number of rotatable bonds is 7. The molecular formula is C26H29NO5. The Hall–Kier alpha value is -3.28. The van der Waals surface area contributed by atoms with E-state index in [0.29, 0.717) is 36.5 Å². The summed E-state index contributed by atoms with van der Waals surface area (Å²) in [5.41, 5.74) is 3.29. The van der Waals surface area contributed by atoms with Crippen molar-refractivity contribution in [2.24, 2.45) is 0 Å². The van der Waals surface area contributed by atoms with Crippen LogP contribution < -0.4 is 19.5 Å². The molecular weight excluding hydrogens is 406 g/mol. The van der Waals surface area contributed by atoms with Gasteiger partial charge in [0.25, 0.3) is 0 Å². The first-order chi connectivity index (χ1) is 15.5. The number of carbonyl (C=O) groups excluding carboxylic acids is 2. The van der Waals surface area contributed by atoms with E-state index < -0.39 is 0 Å². The summed E-state index contributed by atoms with van der Waals surface area (Å²) in [7, 11) is 3.19. The number of hydrogen-bond acceptors (Lipinski definition) is 5. The fourth-order valence-corrected chi connectivity index (χ4v) is 4.63. The molecule has 4 rings (SSSR count). The lowest BCUT2D eigenvalue weighted by Gasteiger charge is -2.35. The minimum Gasteiger partial charge on any atom is -0.497 e. The minimum atomic E-state index is -0.345. The Morgan fingerprint density at radius 2 is 1.69 bits per heavy atom. The summed E-state index contributed by atoms with van der Waals surface area (Å²) in [6, 6.07) is 13.4. The van der Waals surface area contributed by atoms with E-state index in [2.05, 4.69) is 12.2 Å². The second-order valence-electron chi connectivity index (χ2n) is 8.25. The van der Waals surface area contributed by atoms with Gasteiger partial charge in [-0.3, -0.25) is 9.59 Å². The van der Waals surface area contributed by atoms with Gasteiger partial charge >= 0.3 is 0 Å². The van der Waals surface area contributed by atoms with Crippen LogP contribution in [0.15, 0.2) is 53.7 Å². The van der Waals surface area contributed by atoms with Crippen molar-refractivity contribution in [1.29, 1.82) is 0 Å². The van der Waals surface area contributed by atoms with E-state index in [9.17, 15) is 9.59 Å². The molecule has 0 saturated heterocycles. The summed E-state index contributed by atoms with van der Waals surface area (Å²) < 4.78 is 16.6. The quantitative estimate of drug-likeness (QED) is 0.693. The summed E-state index contributed by atoms with van der Waals surface area (Å²) >= 11 is 0. The van der Waals surface area contributed by atoms with Crippen molar-refractivity contribution in [2.45, 2.75) is 44.4 Å². The van der Waals surface area contributed by atoms with E-state index >= 15 is 0 Å². The Kier molecular flexibility index (Phi) is 6.49. The number of carbonyl (C=O) groups is 2. The van der Waals surface area contributed by atoms with Crippen LogP contribution in [0.4, 0.5) is 0 Å². The normalized spacial score (nSPS) is 20.5. The Labute approximate surface area is 188 Å². The third kappa shape index (κ3) is 4.35. The molecule has 1 amide bonds. The number of nitrogens with one attached hydrogen (secondary N) is 1. The zero-order valence-electron chi connectivity index (χ0n) is 18.8. The molecule has 0 bridgehead atoms. The summed E-state index contributed by atoms with van der Waals surface area (Å²) in [5, 5.41) is 2.98. The molecule has 2 aromatic rings. The first-order valence-corrected chi connectivity index (χ1v) is 11.0. The van der Waals surface area contributed by atoms with Crippen LogP contribution in [-0.4, -0.2) is 32.5 Å². The van der Waals surface area contributed by atoms with Gasteiger partial charge < -0.3 is 19.5 Å². The SMILES string of the molecule is CCCOc1ccc(C2CC(=O)C3=C(C2)NC(=O)CC3c2cc(OC)ccc2OC)cc1. The number of Topliss-reactive ketones (excluding diaryl/α,β-unsaturated/α-hetero) is 1. The average molecular weight is 436 g/mol. The van der Waals surface area contributed by atoms with E-state index in [1.807, 2.05) is 42.5 Å². The first kappa shape index (κ1) is 21.9. The van der Waals surface area contributed by atoms with Gasteiger partial charge in [-0.1, -0.05) is 19.1 Å². The molecule has 2 unspecified atom stereocenters. The van der Waals surface area contributed by atoms with Crippen LogP contribution in [0.5, 0.6) is 17.2 Å². The maximum atomic E-state index is 13.4. The van der Waals surface area contributed by atoms with Gasteiger partial charge in [0.1, 0.15) is 17.2 Å². The van der Waals surface area contributed by atoms with Gasteiger partial charge in [0, 0.05) is 35.6 Å². The molecule has 1 aliphatic heterocycles. The number of amides is 1. The smallest absolute Gasteiger partial charge is 0.225 e. The van der Waals surface area contributed by atoms with Crippen molar-refractivity contribution < 1.29 is 23.8 Å². The lowest BCUT2D eigenvalue weighted by atomic mass is 9.73. The second-order valence-corrected chi connectivity index (χ2v) is 8.25. The number of allylic oxidation sites excluding steroid dienone is 2. The highest BCUT2D eigenvalue weighted by molar-refractivity contribution is 6.02. The van der Waals surface area contributed by atoms with Gasteiger partial charge in [0.05, 0.1) is 20.8 Å². The lowest BCUT2D eigenvalue weighted by molar-refractivity contribution is -0.122. The number of ether oxygens (including phenoxy) is 3. The van der Waals surface area contributed by atoms with Gasteiger partial charge in [-0.25, -0.2) is 0 Å². The van der Waals surface area contributed by atoms with Crippen LogP contribution in [-0.2, 0) is 9.59 Å². The number of methoxy groups -OCH3 is 2. The molecule has 2 aliphatic rings. The number of ketones is 1. The van der Waals surface area contributed by atoms with Crippen molar-refractivity contribution >= 4 is 11.7 Å². The van der Waals surface area contributed by atoms with E-state index in [1.165, 1.54) is 0 Å². The molecule has 0 radical (unpaired) electrons. The van der Waals surface area contributed by atoms with Crippen molar-refractivity contribution in [3.8, 4) is 17.2 Å². The molecule has 0 fully saturated rings. The lowest BCUT2D eigenvalue weighted by Crippen LogP contribution is -2.38. The highest BCUT2D eigenvalue weighted by atomic mass is 16.5. The zero-order valence-corrected chi connectivity index (χ0v) is 18.8. The Bertz CT molecular complexity index is 1040. The Morgan fingerprint density at radius 3 is 2.38 bits per heavy atom. The van der Waals surface area contributed by atoms with Gasteiger partial charge in [-0.15, -0.1) is 0 Å². The molecule has 32 heavy (non-hydrogen) atoms. The van der Waals surface area contributed by atoms with Gasteiger partial charge in [0.15, 0.2) is 5.78 Å². The Morgan fingerprint density at radius 1 is 0.938 bits per heavy atom. The van der Waals surface area contributed by atoms with Crippen LogP contribution in [0.3, 0.4) is 0 Å². The Balaban J connectivity index is 1.65. The van der Waals surface area contributed by atoms with Gasteiger partial charge in [0.2, 0.25) is 5.91 Å². The van der Waals surface area contributed by atoms with Crippen LogP contribution >= 0.6 is 0 Å². The second kappa shape index (κ2) is 9.47. The molecule has 1 heterocycles. The maximum absolute atomic E-state index is 13.4. The maximum Gasteiger partial charge on any atom is 0.225 e. The minimum absolute atomic E-state index is 0.0210. The average Bonchev–Trinajstić information content (AvgIpc) is 2.81. The molecule has 2 atom stereocenters. The van der Waals surface area contributed by atoms with Crippen molar-refractivity contribution in [1.82, 2.24) is 5.32 Å². The monoisotopic (exact) mass is 435 g/mol. The van der Waals surface area contributed by atoms with Gasteiger partial charge in [-0.2, -0.15) is 0 Å². The number of hydrogen-bond donors (Lipinski definition) is 1. The zero-order chi connectivity index (χ0) is 22.7. The summed E-state index contributed by atoms with van der Waals surface area (Å²) in [6.45, 7) is 2.75. The number of benzene rings is 2. The molecule has 0 saturated carbocycles. The molecule has 1 N–H and O–H groups in total. The van der Waals surface area contributed by atoms with Crippen LogP contribution in [0, 0.1) is 0 Å². The third-order valence-corrected chi connectivity index (χ3v) is 6.17. The third-order valence-electron chi connectivity index (χ3n) is 6.17. The van der Waals surface area contributed by atoms with Crippen LogP contribution in [0.25, 0.3) is 0 Å². The molecule has 6 heteroatoms. The van der Waals surface area contributed by atoms with Crippen molar-refractivity contribution in [2.75, 3.05) is 20.8 Å². The van der Waals surface area contributed by atoms with E-state index in [0.717, 1.165) is 29.0 Å². The largest absolute Gasteiger partial charge is 0.497 e. The molecule has 2 aromatic carbocycles. The van der Waals surface area contributed by atoms with Crippen LogP contribution in [0.2, 0.25) is 0 Å². The molecule has 168 valence electrons. The molecule has 6 nitrogen and oxygen atoms in total. The topological polar surface area (TPSA) is 73.9 Å². The van der Waals surface area contributed by atoms with E-state index in [1.54, 1.807) is 14.2 Å². The fourth-order valence-electron chi connectivity index (χ4n) is 4.63. The van der Waals surface area contributed by atoms with Gasteiger partial charge in [-0.05, 0) is 54.7 Å². The first-order valence-electron chi connectivity index (χ1n) is 11.0. The van der Waals surface area contributed by atoms with E-state index in [4.69, 9.17) is 14.2 Å². The van der Waals surface area contributed by atoms with Crippen LogP contribution in [0.1, 0.15) is 55.6 Å². The fraction of sp³-hybridized carbons (Fsp3) is 0.385. The van der Waals surface area contributed by atoms with Crippen molar-refractivity contribution in [3.05, 3.63) is 64.9 Å². The highest BCUT2D eigenvalue weighted by Gasteiger charge is 2.39. The summed E-state index contributed by atoms with van der Waals surface area (Å²) in [5.74, 6) is 1.80. The molecule has 0 aromatic heterocycles. The van der Waals surface area contributed by atoms with Crippen molar-refractivity contribution in [3.63, 3.8) is 0 Å². The highest BCUT2D eigenvalue weighted by Crippen LogP contribution is 2.45. The summed E-state index contributed by atoms with van der Waals surface area (Å²) in [6.07, 6.45) is 2.19. The molecule has 1 aliphatic carbocycles. The predicted octanol–water partition coefficient (Wildman–Crippen LogP) is 4.50. The van der Waals surface area contributed by atoms with E-state index in [-0.39, 0.29) is 29.9 Å². The molecule has 0 spiro atoms. The summed E-state index contributed by atoms with van der Waals surface area (Å²) in [4.78, 5) is 26.0. The standard InChI is InChI=1S/C26H29NO5/c1-4-11-32-18-7-5-16(6-8-18)17-12-22-26(23(28)13-17)21(15-25(29)27-22)20-14-19(30-2)9-10-24(20)31-3/h5-10,14,17,21H,4,11-13,15H2,1-3H3,(H,27,29).